The second-order valence-corrected chi connectivity index (χ2v) is 10.3. The number of rotatable bonds is 4. The van der Waals surface area contributed by atoms with E-state index in [1.807, 2.05) is 38.1 Å². The van der Waals surface area contributed by atoms with Gasteiger partial charge in [-0.1, -0.05) is 47.8 Å². The highest BCUT2D eigenvalue weighted by Crippen LogP contribution is 2.35. The van der Waals surface area contributed by atoms with Crippen molar-refractivity contribution in [2.24, 2.45) is 0 Å². The Morgan fingerprint density at radius 2 is 1.66 bits per heavy atom. The Hall–Kier alpha value is -2.97. The molecule has 0 spiro atoms. The standard InChI is InChI=1S/C24H25N3O4S/c1-16-7-9-18(10-8-16)23-25-24(31-26-23)22-17(2)20-15-19(11-12-21(20)30-22)32(28,29)27-13-5-3-4-6-14-27/h7-12,15H,3-6,13-14H2,1-2H3. The fourth-order valence-corrected chi connectivity index (χ4v) is 5.68. The Balaban J connectivity index is 1.50. The van der Waals surface area contributed by atoms with Gasteiger partial charge < -0.3 is 8.94 Å². The summed E-state index contributed by atoms with van der Waals surface area (Å²) in [6, 6.07) is 12.9. The third-order valence-electron chi connectivity index (χ3n) is 6.04. The molecule has 0 unspecified atom stereocenters. The summed E-state index contributed by atoms with van der Waals surface area (Å²) in [6.45, 7) is 5.03. The molecule has 0 amide bonds. The van der Waals surface area contributed by atoms with Gasteiger partial charge in [-0.05, 0) is 44.9 Å². The zero-order chi connectivity index (χ0) is 22.3. The summed E-state index contributed by atoms with van der Waals surface area (Å²) in [5, 5.41) is 4.81. The molecule has 1 saturated heterocycles. The summed E-state index contributed by atoms with van der Waals surface area (Å²) in [5.41, 5.74) is 3.36. The number of benzene rings is 2. The molecule has 2 aromatic heterocycles. The molecule has 4 aromatic rings. The van der Waals surface area contributed by atoms with Crippen molar-refractivity contribution in [2.45, 2.75) is 44.4 Å². The lowest BCUT2D eigenvalue weighted by Gasteiger charge is -2.19. The van der Waals surface area contributed by atoms with Gasteiger partial charge in [-0.25, -0.2) is 8.42 Å². The van der Waals surface area contributed by atoms with E-state index in [1.54, 1.807) is 22.5 Å². The lowest BCUT2D eigenvalue weighted by Crippen LogP contribution is -2.31. The number of furan rings is 1. The molecule has 166 valence electrons. The maximum atomic E-state index is 13.2. The lowest BCUT2D eigenvalue weighted by atomic mass is 10.1. The van der Waals surface area contributed by atoms with Gasteiger partial charge in [-0.3, -0.25) is 0 Å². The highest BCUT2D eigenvalue weighted by molar-refractivity contribution is 7.89. The number of sulfonamides is 1. The van der Waals surface area contributed by atoms with E-state index >= 15 is 0 Å². The van der Waals surface area contributed by atoms with Gasteiger partial charge in [-0.15, -0.1) is 0 Å². The van der Waals surface area contributed by atoms with E-state index in [0.29, 0.717) is 30.3 Å². The molecule has 8 heteroatoms. The van der Waals surface area contributed by atoms with Crippen LogP contribution in [-0.4, -0.2) is 36.0 Å². The van der Waals surface area contributed by atoms with Crippen molar-refractivity contribution in [3.8, 4) is 23.0 Å². The van der Waals surface area contributed by atoms with Gasteiger partial charge in [0, 0.05) is 29.6 Å². The number of aryl methyl sites for hydroxylation is 2. The van der Waals surface area contributed by atoms with Crippen LogP contribution in [0.15, 0.2) is 56.3 Å². The second kappa shape index (κ2) is 8.18. The molecule has 0 saturated carbocycles. The smallest absolute Gasteiger partial charge is 0.294 e. The van der Waals surface area contributed by atoms with Crippen LogP contribution < -0.4 is 0 Å². The van der Waals surface area contributed by atoms with Crippen LogP contribution >= 0.6 is 0 Å². The summed E-state index contributed by atoms with van der Waals surface area (Å²) in [6.07, 6.45) is 3.95. The van der Waals surface area contributed by atoms with E-state index in [2.05, 4.69) is 10.1 Å². The number of hydrogen-bond donors (Lipinski definition) is 0. The third-order valence-corrected chi connectivity index (χ3v) is 7.94. The number of fused-ring (bicyclic) bond motifs is 1. The maximum Gasteiger partial charge on any atom is 0.294 e. The molecule has 7 nitrogen and oxygen atoms in total. The SMILES string of the molecule is Cc1ccc(-c2noc(-c3oc4ccc(S(=O)(=O)N5CCCCCC5)cc4c3C)n2)cc1. The molecule has 1 aliphatic rings. The van der Waals surface area contributed by atoms with E-state index in [1.165, 1.54) is 0 Å². The minimum atomic E-state index is -3.54. The van der Waals surface area contributed by atoms with Crippen molar-refractivity contribution in [1.82, 2.24) is 14.4 Å². The Morgan fingerprint density at radius 1 is 0.938 bits per heavy atom. The van der Waals surface area contributed by atoms with Gasteiger partial charge in [0.15, 0.2) is 5.76 Å². The third kappa shape index (κ3) is 3.73. The molecule has 3 heterocycles. The van der Waals surface area contributed by atoms with E-state index in [-0.39, 0.29) is 10.8 Å². The Labute approximate surface area is 187 Å². The molecule has 0 radical (unpaired) electrons. The zero-order valence-electron chi connectivity index (χ0n) is 18.2. The quantitative estimate of drug-likeness (QED) is 0.416. The van der Waals surface area contributed by atoms with Crippen molar-refractivity contribution < 1.29 is 17.4 Å². The van der Waals surface area contributed by atoms with Crippen LogP contribution in [0, 0.1) is 13.8 Å². The summed E-state index contributed by atoms with van der Waals surface area (Å²) < 4.78 is 39.5. The van der Waals surface area contributed by atoms with Gasteiger partial charge in [0.05, 0.1) is 4.90 Å². The largest absolute Gasteiger partial charge is 0.451 e. The van der Waals surface area contributed by atoms with Crippen LogP contribution in [0.25, 0.3) is 34.0 Å². The minimum Gasteiger partial charge on any atom is -0.451 e. The minimum absolute atomic E-state index is 0.270. The first-order chi connectivity index (χ1) is 15.4. The molecule has 5 rings (SSSR count). The van der Waals surface area contributed by atoms with Gasteiger partial charge in [0.1, 0.15) is 5.58 Å². The van der Waals surface area contributed by atoms with Crippen LogP contribution in [-0.2, 0) is 10.0 Å². The number of hydrogen-bond acceptors (Lipinski definition) is 6. The van der Waals surface area contributed by atoms with Crippen molar-refractivity contribution >= 4 is 21.0 Å². The first kappa shape index (κ1) is 20.9. The van der Waals surface area contributed by atoms with Crippen LogP contribution in [0.5, 0.6) is 0 Å². The summed E-state index contributed by atoms with van der Waals surface area (Å²) in [5.74, 6) is 1.20. The molecule has 1 aliphatic heterocycles. The molecule has 2 aromatic carbocycles. The topological polar surface area (TPSA) is 89.4 Å². The fourth-order valence-electron chi connectivity index (χ4n) is 4.13. The predicted octanol–water partition coefficient (Wildman–Crippen LogP) is 5.33. The molecular weight excluding hydrogens is 426 g/mol. The highest BCUT2D eigenvalue weighted by Gasteiger charge is 2.27. The van der Waals surface area contributed by atoms with Gasteiger partial charge in [0.2, 0.25) is 15.8 Å². The van der Waals surface area contributed by atoms with E-state index in [0.717, 1.165) is 47.8 Å². The van der Waals surface area contributed by atoms with E-state index in [4.69, 9.17) is 8.94 Å². The first-order valence-electron chi connectivity index (χ1n) is 10.9. The molecule has 0 atom stereocenters. The average Bonchev–Trinajstić information content (AvgIpc) is 3.28. The maximum absolute atomic E-state index is 13.2. The van der Waals surface area contributed by atoms with Crippen molar-refractivity contribution in [1.29, 1.82) is 0 Å². The molecular formula is C24H25N3O4S. The van der Waals surface area contributed by atoms with E-state index in [9.17, 15) is 8.42 Å². The van der Waals surface area contributed by atoms with Crippen LogP contribution in [0.4, 0.5) is 0 Å². The Bertz CT molecular complexity index is 1360. The number of aromatic nitrogens is 2. The number of nitrogens with zero attached hydrogens (tertiary/aromatic N) is 3. The van der Waals surface area contributed by atoms with Gasteiger partial charge in [0.25, 0.3) is 5.89 Å². The van der Waals surface area contributed by atoms with Crippen LogP contribution in [0.1, 0.15) is 36.8 Å². The Morgan fingerprint density at radius 3 is 2.38 bits per heavy atom. The molecule has 0 bridgehead atoms. The molecule has 0 aliphatic carbocycles. The lowest BCUT2D eigenvalue weighted by molar-refractivity contribution is 0.419. The van der Waals surface area contributed by atoms with Crippen LogP contribution in [0.2, 0.25) is 0 Å². The summed E-state index contributed by atoms with van der Waals surface area (Å²) >= 11 is 0. The second-order valence-electron chi connectivity index (χ2n) is 8.32. The summed E-state index contributed by atoms with van der Waals surface area (Å²) in [7, 11) is -3.54. The van der Waals surface area contributed by atoms with Crippen molar-refractivity contribution in [3.05, 3.63) is 53.6 Å². The highest BCUT2D eigenvalue weighted by atomic mass is 32.2. The van der Waals surface area contributed by atoms with E-state index < -0.39 is 10.0 Å². The normalized spacial score (nSPS) is 15.8. The molecule has 0 N–H and O–H groups in total. The van der Waals surface area contributed by atoms with Crippen molar-refractivity contribution in [3.63, 3.8) is 0 Å². The molecule has 32 heavy (non-hydrogen) atoms. The van der Waals surface area contributed by atoms with Gasteiger partial charge in [-0.2, -0.15) is 9.29 Å². The zero-order valence-corrected chi connectivity index (χ0v) is 19.0. The molecule has 1 fully saturated rings. The van der Waals surface area contributed by atoms with Crippen LogP contribution in [0.3, 0.4) is 0 Å². The first-order valence-corrected chi connectivity index (χ1v) is 12.3. The monoisotopic (exact) mass is 451 g/mol. The predicted molar refractivity (Wildman–Crippen MR) is 122 cm³/mol. The Kier molecular flexibility index (Phi) is 5.35. The fraction of sp³-hybridized carbons (Fsp3) is 0.333. The van der Waals surface area contributed by atoms with Crippen molar-refractivity contribution in [2.75, 3.05) is 13.1 Å². The summed E-state index contributed by atoms with van der Waals surface area (Å²) in [4.78, 5) is 4.78. The average molecular weight is 452 g/mol. The van der Waals surface area contributed by atoms with Gasteiger partial charge >= 0.3 is 0 Å².